The zero-order chi connectivity index (χ0) is 43.7. The molecular formula is C62H122. The zero-order valence-corrected chi connectivity index (χ0v) is 43.7. The molecule has 0 unspecified atom stereocenters. The van der Waals surface area contributed by atoms with E-state index in [1.165, 1.54) is 334 Å². The molecule has 0 aromatic heterocycles. The summed E-state index contributed by atoms with van der Waals surface area (Å²) in [7, 11) is 0. The minimum atomic E-state index is 1.04. The van der Waals surface area contributed by atoms with Crippen molar-refractivity contribution in [3.63, 3.8) is 0 Å². The highest BCUT2D eigenvalue weighted by atomic mass is 14.2. The largest absolute Gasteiger partial charge is 0.0654 e. The third-order valence-corrected chi connectivity index (χ3v) is 16.6. The minimum absolute atomic E-state index is 1.04. The molecule has 62 heavy (non-hydrogen) atoms. The topological polar surface area (TPSA) is 0 Å². The SMILES string of the molecule is CCCCCCCCC1CCCCCCCCCCCCCCCCCCCCC(CCCCCCC2CCCCC2)CCCCCCCCCCCCCCCCCCCC1. The summed E-state index contributed by atoms with van der Waals surface area (Å²) < 4.78 is 0. The molecule has 0 radical (unpaired) electrons. The van der Waals surface area contributed by atoms with E-state index in [4.69, 9.17) is 0 Å². The molecule has 0 aromatic rings. The molecule has 2 saturated carbocycles. The van der Waals surface area contributed by atoms with Crippen molar-refractivity contribution in [3.05, 3.63) is 0 Å². The van der Waals surface area contributed by atoms with Gasteiger partial charge in [-0.25, -0.2) is 0 Å². The summed E-state index contributed by atoms with van der Waals surface area (Å²) in [4.78, 5) is 0. The van der Waals surface area contributed by atoms with E-state index in [0.29, 0.717) is 0 Å². The van der Waals surface area contributed by atoms with E-state index in [1.807, 2.05) is 0 Å². The highest BCUT2D eigenvalue weighted by Crippen LogP contribution is 2.30. The monoisotopic (exact) mass is 867 g/mol. The van der Waals surface area contributed by atoms with Gasteiger partial charge >= 0.3 is 0 Å². The predicted molar refractivity (Wildman–Crippen MR) is 284 cm³/mol. The van der Waals surface area contributed by atoms with Crippen LogP contribution in [-0.2, 0) is 0 Å². The van der Waals surface area contributed by atoms with E-state index in [2.05, 4.69) is 6.92 Å². The van der Waals surface area contributed by atoms with Gasteiger partial charge in [0.05, 0.1) is 0 Å². The minimum Gasteiger partial charge on any atom is -0.0654 e. The molecule has 0 amide bonds. The van der Waals surface area contributed by atoms with E-state index in [9.17, 15) is 0 Å². The predicted octanol–water partition coefficient (Wildman–Crippen LogP) is 23.5. The number of hydrogen-bond donors (Lipinski definition) is 0. The van der Waals surface area contributed by atoms with Crippen molar-refractivity contribution in [2.75, 3.05) is 0 Å². The molecule has 0 bridgehead atoms. The lowest BCUT2D eigenvalue weighted by molar-refractivity contribution is 0.324. The van der Waals surface area contributed by atoms with E-state index in [1.54, 1.807) is 38.5 Å². The van der Waals surface area contributed by atoms with Crippen LogP contribution in [0.4, 0.5) is 0 Å². The van der Waals surface area contributed by atoms with Gasteiger partial charge in [0.2, 0.25) is 0 Å². The van der Waals surface area contributed by atoms with Gasteiger partial charge < -0.3 is 0 Å². The second-order valence-corrected chi connectivity index (χ2v) is 22.7. The molecule has 0 heteroatoms. The molecule has 2 rings (SSSR count). The summed E-state index contributed by atoms with van der Waals surface area (Å²) in [6.45, 7) is 2.35. The van der Waals surface area contributed by atoms with Crippen molar-refractivity contribution in [3.8, 4) is 0 Å². The van der Waals surface area contributed by atoms with Gasteiger partial charge in [0.25, 0.3) is 0 Å². The third-order valence-electron chi connectivity index (χ3n) is 16.6. The van der Waals surface area contributed by atoms with Crippen molar-refractivity contribution in [2.24, 2.45) is 17.8 Å². The first-order valence-electron chi connectivity index (χ1n) is 30.9. The van der Waals surface area contributed by atoms with Crippen molar-refractivity contribution in [1.82, 2.24) is 0 Å². The van der Waals surface area contributed by atoms with Crippen LogP contribution >= 0.6 is 0 Å². The summed E-state index contributed by atoms with van der Waals surface area (Å²) in [6.07, 6.45) is 87.5. The van der Waals surface area contributed by atoms with E-state index < -0.39 is 0 Å². The standard InChI is InChI=1S/C62H122/c1-2-3-4-5-34-42-51-60-52-43-35-30-26-22-18-14-10-6-8-12-16-20-24-28-32-37-45-54-61(56-47-39-40-48-57-62-58-49-41-50-59-62)55-46-38-33-29-25-21-17-13-9-7-11-15-19-23-27-31-36-44-53-60/h60-62H,2-59H2,1H3. The molecule has 0 nitrogen and oxygen atoms in total. The average Bonchev–Trinajstić information content (AvgIpc) is 3.29. The number of hydrogen-bond acceptors (Lipinski definition) is 0. The van der Waals surface area contributed by atoms with Gasteiger partial charge in [-0.15, -0.1) is 0 Å². The van der Waals surface area contributed by atoms with Crippen molar-refractivity contribution in [2.45, 2.75) is 379 Å². The van der Waals surface area contributed by atoms with E-state index in [0.717, 1.165) is 17.8 Å². The van der Waals surface area contributed by atoms with Gasteiger partial charge in [0.15, 0.2) is 0 Å². The van der Waals surface area contributed by atoms with Crippen LogP contribution in [0.2, 0.25) is 0 Å². The summed E-state index contributed by atoms with van der Waals surface area (Å²) >= 11 is 0. The molecule has 2 aliphatic rings. The first-order chi connectivity index (χ1) is 30.9. The van der Waals surface area contributed by atoms with Crippen LogP contribution in [-0.4, -0.2) is 0 Å². The van der Waals surface area contributed by atoms with Crippen LogP contribution in [0.1, 0.15) is 379 Å². The number of unbranched alkanes of at least 4 members (excludes halogenated alkanes) is 8. The molecule has 0 spiro atoms. The second kappa shape index (κ2) is 48.9. The summed E-state index contributed by atoms with van der Waals surface area (Å²) in [5.74, 6) is 3.16. The van der Waals surface area contributed by atoms with E-state index >= 15 is 0 Å². The fourth-order valence-corrected chi connectivity index (χ4v) is 12.2. The van der Waals surface area contributed by atoms with Crippen LogP contribution in [0.15, 0.2) is 0 Å². The first kappa shape index (κ1) is 58.1. The molecule has 2 fully saturated rings. The van der Waals surface area contributed by atoms with Crippen molar-refractivity contribution < 1.29 is 0 Å². The molecule has 0 saturated heterocycles. The van der Waals surface area contributed by atoms with Gasteiger partial charge in [0, 0.05) is 0 Å². The molecule has 2 aliphatic carbocycles. The van der Waals surface area contributed by atoms with Gasteiger partial charge in [0.1, 0.15) is 0 Å². The average molecular weight is 868 g/mol. The molecule has 0 atom stereocenters. The Kier molecular flexibility index (Phi) is 45.9. The van der Waals surface area contributed by atoms with Crippen LogP contribution in [0, 0.1) is 17.8 Å². The van der Waals surface area contributed by atoms with Crippen molar-refractivity contribution >= 4 is 0 Å². The molecule has 0 heterocycles. The summed E-state index contributed by atoms with van der Waals surface area (Å²) in [5.41, 5.74) is 0. The third kappa shape index (κ3) is 41.4. The van der Waals surface area contributed by atoms with Crippen molar-refractivity contribution in [1.29, 1.82) is 0 Å². The fraction of sp³-hybridized carbons (Fsp3) is 1.00. The Morgan fingerprint density at radius 2 is 0.323 bits per heavy atom. The Morgan fingerprint density at radius 3 is 0.516 bits per heavy atom. The Bertz CT molecular complexity index is 763. The first-order valence-corrected chi connectivity index (χ1v) is 30.9. The van der Waals surface area contributed by atoms with Gasteiger partial charge in [-0.2, -0.15) is 0 Å². The lowest BCUT2D eigenvalue weighted by Gasteiger charge is -2.21. The van der Waals surface area contributed by atoms with E-state index in [-0.39, 0.29) is 0 Å². The lowest BCUT2D eigenvalue weighted by Crippen LogP contribution is -2.05. The Morgan fingerprint density at radius 1 is 0.177 bits per heavy atom. The zero-order valence-electron chi connectivity index (χ0n) is 43.7. The van der Waals surface area contributed by atoms with Gasteiger partial charge in [-0.1, -0.05) is 379 Å². The molecule has 0 aliphatic heterocycles. The molecule has 0 N–H and O–H groups in total. The molecule has 0 aromatic carbocycles. The van der Waals surface area contributed by atoms with Crippen LogP contribution in [0.5, 0.6) is 0 Å². The number of rotatable bonds is 14. The maximum Gasteiger partial charge on any atom is -0.0414 e. The maximum absolute atomic E-state index is 2.35. The Hall–Kier alpha value is 0. The molecule has 370 valence electrons. The quantitative estimate of drug-likeness (QED) is 0.153. The smallest absolute Gasteiger partial charge is 0.0414 e. The highest BCUT2D eigenvalue weighted by molar-refractivity contribution is 4.67. The summed E-state index contributed by atoms with van der Waals surface area (Å²) in [6, 6.07) is 0. The summed E-state index contributed by atoms with van der Waals surface area (Å²) in [5, 5.41) is 0. The van der Waals surface area contributed by atoms with Crippen LogP contribution in [0.3, 0.4) is 0 Å². The highest BCUT2D eigenvalue weighted by Gasteiger charge is 2.14. The van der Waals surface area contributed by atoms with Crippen LogP contribution in [0.25, 0.3) is 0 Å². The maximum atomic E-state index is 2.35. The fourth-order valence-electron chi connectivity index (χ4n) is 12.2. The van der Waals surface area contributed by atoms with Gasteiger partial charge in [-0.3, -0.25) is 0 Å². The van der Waals surface area contributed by atoms with Crippen LogP contribution < -0.4 is 0 Å². The van der Waals surface area contributed by atoms with Gasteiger partial charge in [-0.05, 0) is 17.8 Å². The lowest BCUT2D eigenvalue weighted by atomic mass is 9.85. The Labute approximate surface area is 395 Å². The normalized spacial score (nSPS) is 24.3. The Balaban J connectivity index is 1.62. The molecular weight excluding hydrogens is 745 g/mol. The second-order valence-electron chi connectivity index (χ2n) is 22.7.